The summed E-state index contributed by atoms with van der Waals surface area (Å²) in [4.78, 5) is 11.3. The molecule has 0 fully saturated rings. The molecule has 1 aromatic carbocycles. The van der Waals surface area contributed by atoms with E-state index in [9.17, 15) is 26.4 Å². The number of hydrogen-bond donors (Lipinski definition) is 1. The molecule has 1 amide bonds. The number of hydrogen-bond acceptors (Lipinski definition) is 3. The van der Waals surface area contributed by atoms with E-state index < -0.39 is 34.1 Å². The zero-order valence-corrected chi connectivity index (χ0v) is 12.9. The van der Waals surface area contributed by atoms with Gasteiger partial charge >= 0.3 is 6.18 Å². The molecule has 0 saturated heterocycles. The predicted molar refractivity (Wildman–Crippen MR) is 72.2 cm³/mol. The predicted octanol–water partition coefficient (Wildman–Crippen LogP) is 3.26. The molecule has 0 bridgehead atoms. The SMILES string of the molecule is Cc1c(Cl)cc(C(=O)NCCC(F)(F)F)cc1S(=O)(=O)Cl. The monoisotopic (exact) mass is 363 g/mol. The Kier molecular flexibility index (Phi) is 5.51. The summed E-state index contributed by atoms with van der Waals surface area (Å²) >= 11 is 5.79. The van der Waals surface area contributed by atoms with E-state index in [-0.39, 0.29) is 21.0 Å². The Morgan fingerprint density at radius 2 is 1.90 bits per heavy atom. The summed E-state index contributed by atoms with van der Waals surface area (Å²) in [5.74, 6) is -0.872. The molecule has 1 N–H and O–H groups in total. The Labute approximate surface area is 128 Å². The fraction of sp³-hybridized carbons (Fsp3) is 0.364. The molecule has 0 aliphatic rings. The van der Waals surface area contributed by atoms with Gasteiger partial charge in [-0.05, 0) is 24.6 Å². The van der Waals surface area contributed by atoms with Gasteiger partial charge in [-0.25, -0.2) is 8.42 Å². The van der Waals surface area contributed by atoms with E-state index in [1.165, 1.54) is 6.92 Å². The van der Waals surface area contributed by atoms with Crippen molar-refractivity contribution in [2.24, 2.45) is 0 Å². The van der Waals surface area contributed by atoms with E-state index in [4.69, 9.17) is 22.3 Å². The van der Waals surface area contributed by atoms with Gasteiger partial charge in [0.05, 0.1) is 11.3 Å². The molecule has 21 heavy (non-hydrogen) atoms. The third-order valence-corrected chi connectivity index (χ3v) is 4.36. The van der Waals surface area contributed by atoms with E-state index in [1.807, 2.05) is 5.32 Å². The number of benzene rings is 1. The van der Waals surface area contributed by atoms with Crippen molar-refractivity contribution in [1.29, 1.82) is 0 Å². The lowest BCUT2D eigenvalue weighted by Crippen LogP contribution is -2.28. The maximum atomic E-state index is 12.0. The molecular formula is C11H10Cl2F3NO3S. The standard InChI is InChI=1S/C11H10Cl2F3NO3S/c1-6-8(12)4-7(5-9(6)21(13,19)20)10(18)17-3-2-11(14,15)16/h4-5H,2-3H2,1H3,(H,17,18). The van der Waals surface area contributed by atoms with Gasteiger partial charge in [-0.2, -0.15) is 13.2 Å². The van der Waals surface area contributed by atoms with Crippen LogP contribution >= 0.6 is 22.3 Å². The van der Waals surface area contributed by atoms with Crippen molar-refractivity contribution in [1.82, 2.24) is 5.32 Å². The second kappa shape index (κ2) is 6.41. The second-order valence-electron chi connectivity index (χ2n) is 4.14. The minimum atomic E-state index is -4.40. The molecule has 0 atom stereocenters. The molecule has 0 aromatic heterocycles. The summed E-state index contributed by atoms with van der Waals surface area (Å²) in [5, 5.41) is 2.00. The first-order chi connectivity index (χ1) is 9.42. The Balaban J connectivity index is 2.99. The van der Waals surface area contributed by atoms with Gasteiger partial charge < -0.3 is 5.32 Å². The van der Waals surface area contributed by atoms with Crippen LogP contribution in [0.3, 0.4) is 0 Å². The third kappa shape index (κ3) is 5.37. The summed E-state index contributed by atoms with van der Waals surface area (Å²) < 4.78 is 58.6. The smallest absolute Gasteiger partial charge is 0.352 e. The maximum Gasteiger partial charge on any atom is 0.390 e. The number of alkyl halides is 3. The molecular weight excluding hydrogens is 354 g/mol. The van der Waals surface area contributed by atoms with Crippen molar-refractivity contribution in [3.05, 3.63) is 28.3 Å². The van der Waals surface area contributed by atoms with Crippen LogP contribution in [0.2, 0.25) is 5.02 Å². The fourth-order valence-electron chi connectivity index (χ4n) is 1.46. The first-order valence-electron chi connectivity index (χ1n) is 5.51. The normalized spacial score (nSPS) is 12.3. The Hall–Kier alpha value is -0.990. The van der Waals surface area contributed by atoms with Crippen molar-refractivity contribution < 1.29 is 26.4 Å². The van der Waals surface area contributed by atoms with Crippen LogP contribution in [-0.2, 0) is 9.05 Å². The highest BCUT2D eigenvalue weighted by molar-refractivity contribution is 8.13. The molecule has 0 spiro atoms. The van der Waals surface area contributed by atoms with Crippen LogP contribution in [0.25, 0.3) is 0 Å². The van der Waals surface area contributed by atoms with Crippen LogP contribution in [0, 0.1) is 6.92 Å². The number of halogens is 5. The van der Waals surface area contributed by atoms with E-state index in [2.05, 4.69) is 0 Å². The van der Waals surface area contributed by atoms with Gasteiger partial charge in [0.15, 0.2) is 0 Å². The zero-order valence-electron chi connectivity index (χ0n) is 10.6. The van der Waals surface area contributed by atoms with Crippen LogP contribution < -0.4 is 5.32 Å². The molecule has 0 radical (unpaired) electrons. The fourth-order valence-corrected chi connectivity index (χ4v) is 2.96. The first-order valence-corrected chi connectivity index (χ1v) is 8.20. The summed E-state index contributed by atoms with van der Waals surface area (Å²) in [7, 11) is 1.08. The molecule has 1 rings (SSSR count). The highest BCUT2D eigenvalue weighted by Gasteiger charge is 2.27. The van der Waals surface area contributed by atoms with Gasteiger partial charge in [-0.15, -0.1) is 0 Å². The number of rotatable bonds is 4. The molecule has 1 aromatic rings. The van der Waals surface area contributed by atoms with E-state index in [1.54, 1.807) is 0 Å². The minimum absolute atomic E-state index is 0.0299. The molecule has 0 saturated carbocycles. The van der Waals surface area contributed by atoms with Gasteiger partial charge in [0, 0.05) is 27.8 Å². The average Bonchev–Trinajstić information content (AvgIpc) is 2.29. The topological polar surface area (TPSA) is 63.2 Å². The van der Waals surface area contributed by atoms with Crippen LogP contribution in [0.5, 0.6) is 0 Å². The molecule has 0 aliphatic heterocycles. The molecule has 4 nitrogen and oxygen atoms in total. The second-order valence-corrected chi connectivity index (χ2v) is 7.08. The lowest BCUT2D eigenvalue weighted by atomic mass is 10.1. The van der Waals surface area contributed by atoms with Crippen molar-refractivity contribution in [3.63, 3.8) is 0 Å². The van der Waals surface area contributed by atoms with E-state index in [0.717, 1.165) is 12.1 Å². The number of amides is 1. The van der Waals surface area contributed by atoms with Gasteiger partial charge in [-0.3, -0.25) is 4.79 Å². The van der Waals surface area contributed by atoms with Crippen molar-refractivity contribution in [2.75, 3.05) is 6.54 Å². The third-order valence-electron chi connectivity index (χ3n) is 2.52. The number of carbonyl (C=O) groups is 1. The van der Waals surface area contributed by atoms with Gasteiger partial charge in [-0.1, -0.05) is 11.6 Å². The molecule has 0 unspecified atom stereocenters. The highest BCUT2D eigenvalue weighted by Crippen LogP contribution is 2.27. The molecule has 118 valence electrons. The summed E-state index contributed by atoms with van der Waals surface area (Å²) in [6.45, 7) is 0.764. The summed E-state index contributed by atoms with van der Waals surface area (Å²) in [6.07, 6.45) is -5.60. The Morgan fingerprint density at radius 3 is 2.38 bits per heavy atom. The van der Waals surface area contributed by atoms with Crippen molar-refractivity contribution in [2.45, 2.75) is 24.4 Å². The number of nitrogens with one attached hydrogen (secondary N) is 1. The van der Waals surface area contributed by atoms with Crippen molar-refractivity contribution >= 4 is 37.2 Å². The summed E-state index contributed by atoms with van der Waals surface area (Å²) in [6, 6.07) is 2.12. The zero-order chi connectivity index (χ0) is 16.4. The Morgan fingerprint density at radius 1 is 1.33 bits per heavy atom. The Bertz CT molecular complexity index is 659. The van der Waals surface area contributed by atoms with Crippen LogP contribution in [0.1, 0.15) is 22.3 Å². The largest absolute Gasteiger partial charge is 0.390 e. The van der Waals surface area contributed by atoms with E-state index >= 15 is 0 Å². The maximum absolute atomic E-state index is 12.0. The van der Waals surface area contributed by atoms with Crippen LogP contribution in [0.4, 0.5) is 13.2 Å². The summed E-state index contributed by atoms with van der Waals surface area (Å²) in [5.41, 5.74) is -0.0366. The molecule has 10 heteroatoms. The lowest BCUT2D eigenvalue weighted by molar-refractivity contribution is -0.132. The minimum Gasteiger partial charge on any atom is -0.352 e. The highest BCUT2D eigenvalue weighted by atomic mass is 35.7. The number of carbonyl (C=O) groups excluding carboxylic acids is 1. The van der Waals surface area contributed by atoms with Gasteiger partial charge in [0.25, 0.3) is 15.0 Å². The average molecular weight is 364 g/mol. The van der Waals surface area contributed by atoms with Gasteiger partial charge in [0.2, 0.25) is 0 Å². The van der Waals surface area contributed by atoms with Crippen LogP contribution in [0.15, 0.2) is 17.0 Å². The lowest BCUT2D eigenvalue weighted by Gasteiger charge is -2.10. The molecule has 0 heterocycles. The first kappa shape index (κ1) is 18.1. The quantitative estimate of drug-likeness (QED) is 0.835. The van der Waals surface area contributed by atoms with Gasteiger partial charge in [0.1, 0.15) is 0 Å². The molecule has 0 aliphatic carbocycles. The van der Waals surface area contributed by atoms with Crippen molar-refractivity contribution in [3.8, 4) is 0 Å². The van der Waals surface area contributed by atoms with E-state index in [0.29, 0.717) is 0 Å². The van der Waals surface area contributed by atoms with Crippen LogP contribution in [-0.4, -0.2) is 27.0 Å².